The molecule has 1 saturated carbocycles. The van der Waals surface area contributed by atoms with E-state index in [-0.39, 0.29) is 29.5 Å². The van der Waals surface area contributed by atoms with Crippen molar-refractivity contribution in [2.75, 3.05) is 22.6 Å². The van der Waals surface area contributed by atoms with Crippen molar-refractivity contribution in [1.29, 1.82) is 0 Å². The Labute approximate surface area is 199 Å². The molecule has 1 heterocycles. The highest BCUT2D eigenvalue weighted by Crippen LogP contribution is 2.40. The molecule has 2 aromatic carbocycles. The number of halogens is 1. The van der Waals surface area contributed by atoms with E-state index in [0.717, 1.165) is 44.4 Å². The highest BCUT2D eigenvalue weighted by atomic mass is 32.2. The maximum atomic E-state index is 14.5. The molecule has 4 rings (SSSR count). The topological polar surface area (TPSA) is 84.0 Å². The maximum absolute atomic E-state index is 14.5. The van der Waals surface area contributed by atoms with Crippen LogP contribution in [0.2, 0.25) is 0 Å². The van der Waals surface area contributed by atoms with E-state index in [4.69, 9.17) is 4.74 Å². The normalized spacial score (nSPS) is 19.0. The van der Waals surface area contributed by atoms with Crippen molar-refractivity contribution in [3.63, 3.8) is 0 Å². The van der Waals surface area contributed by atoms with Crippen molar-refractivity contribution in [2.24, 2.45) is 0 Å². The zero-order valence-electron chi connectivity index (χ0n) is 19.6. The predicted molar refractivity (Wildman–Crippen MR) is 128 cm³/mol. The fourth-order valence-corrected chi connectivity index (χ4v) is 5.56. The third-order valence-electron chi connectivity index (χ3n) is 6.46. The Balaban J connectivity index is 1.73. The van der Waals surface area contributed by atoms with Crippen molar-refractivity contribution in [3.8, 4) is 11.1 Å². The van der Waals surface area contributed by atoms with Crippen molar-refractivity contribution in [2.45, 2.75) is 63.0 Å². The number of hydrogen-bond donors (Lipinski definition) is 0. The van der Waals surface area contributed by atoms with Crippen molar-refractivity contribution in [1.82, 2.24) is 0 Å². The fraction of sp³-hybridized carbons (Fsp3) is 0.440. The average Bonchev–Trinajstić information content (AvgIpc) is 2.77. The number of benzene rings is 2. The predicted octanol–water partition coefficient (Wildman–Crippen LogP) is 4.93. The van der Waals surface area contributed by atoms with Crippen molar-refractivity contribution < 1.29 is 27.1 Å². The zero-order chi connectivity index (χ0) is 24.6. The van der Waals surface area contributed by atoms with Gasteiger partial charge in [-0.2, -0.15) is 0 Å². The van der Waals surface area contributed by atoms with Gasteiger partial charge >= 0.3 is 6.09 Å². The Bertz CT molecular complexity index is 1220. The molecule has 2 aliphatic rings. The lowest BCUT2D eigenvalue weighted by Gasteiger charge is -2.41. The van der Waals surface area contributed by atoms with Crippen LogP contribution >= 0.6 is 0 Å². The number of sulfone groups is 1. The molecule has 0 N–H and O–H groups in total. The smallest absolute Gasteiger partial charge is 0.414 e. The molecule has 9 heteroatoms. The quantitative estimate of drug-likeness (QED) is 0.612. The van der Waals surface area contributed by atoms with Gasteiger partial charge in [-0.1, -0.05) is 18.6 Å². The van der Waals surface area contributed by atoms with Crippen LogP contribution in [0.4, 0.5) is 20.6 Å². The summed E-state index contributed by atoms with van der Waals surface area (Å²) in [6, 6.07) is 8.85. The van der Waals surface area contributed by atoms with Crippen LogP contribution in [-0.2, 0) is 19.4 Å². The number of ether oxygens (including phenoxy) is 1. The molecule has 0 aromatic heterocycles. The molecule has 2 aromatic rings. The molecule has 0 unspecified atom stereocenters. The van der Waals surface area contributed by atoms with Gasteiger partial charge in [0.25, 0.3) is 0 Å². The van der Waals surface area contributed by atoms with Gasteiger partial charge in [0.2, 0.25) is 5.91 Å². The van der Waals surface area contributed by atoms with Crippen LogP contribution < -0.4 is 9.80 Å². The SMILES string of the molecule is CC(=O)N1c2ccc(-c3ccc(S(C)(=O)=O)c(F)c3)cc2N(C(=O)OC2CCCCC2)C[C@@H]1C. The molecular weight excluding hydrogens is 459 g/mol. The van der Waals surface area contributed by atoms with Crippen molar-refractivity contribution >= 4 is 33.2 Å². The first-order chi connectivity index (χ1) is 16.1. The van der Waals surface area contributed by atoms with E-state index in [1.54, 1.807) is 28.0 Å². The fourth-order valence-electron chi connectivity index (χ4n) is 4.83. The monoisotopic (exact) mass is 488 g/mol. The Morgan fingerprint density at radius 2 is 1.65 bits per heavy atom. The first-order valence-electron chi connectivity index (χ1n) is 11.5. The molecule has 1 aliphatic carbocycles. The van der Waals surface area contributed by atoms with E-state index in [1.165, 1.54) is 19.1 Å². The molecule has 34 heavy (non-hydrogen) atoms. The first kappa shape index (κ1) is 24.2. The highest BCUT2D eigenvalue weighted by Gasteiger charge is 2.35. The van der Waals surface area contributed by atoms with Gasteiger partial charge in [-0.15, -0.1) is 0 Å². The summed E-state index contributed by atoms with van der Waals surface area (Å²) in [4.78, 5) is 28.4. The van der Waals surface area contributed by atoms with Gasteiger partial charge in [-0.05, 0) is 68.0 Å². The zero-order valence-corrected chi connectivity index (χ0v) is 20.4. The number of nitrogens with zero attached hydrogens (tertiary/aromatic N) is 2. The van der Waals surface area contributed by atoms with Gasteiger partial charge in [-0.3, -0.25) is 9.69 Å². The number of hydrogen-bond acceptors (Lipinski definition) is 5. The molecule has 0 bridgehead atoms. The summed E-state index contributed by atoms with van der Waals surface area (Å²) in [6.45, 7) is 3.62. The third kappa shape index (κ3) is 4.80. The molecule has 1 fully saturated rings. The number of anilines is 2. The second-order valence-corrected chi connectivity index (χ2v) is 11.1. The minimum absolute atomic E-state index is 0.119. The van der Waals surface area contributed by atoms with Crippen LogP contribution in [0.25, 0.3) is 11.1 Å². The van der Waals surface area contributed by atoms with Crippen LogP contribution in [0.15, 0.2) is 41.3 Å². The van der Waals surface area contributed by atoms with Gasteiger partial charge in [0, 0.05) is 19.7 Å². The average molecular weight is 489 g/mol. The molecule has 7 nitrogen and oxygen atoms in total. The number of rotatable bonds is 3. The van der Waals surface area contributed by atoms with E-state index < -0.39 is 21.7 Å². The maximum Gasteiger partial charge on any atom is 0.414 e. The Morgan fingerprint density at radius 3 is 2.26 bits per heavy atom. The summed E-state index contributed by atoms with van der Waals surface area (Å²) in [5.74, 6) is -0.990. The van der Waals surface area contributed by atoms with Crippen molar-refractivity contribution in [3.05, 3.63) is 42.2 Å². The molecule has 1 aliphatic heterocycles. The van der Waals surface area contributed by atoms with E-state index >= 15 is 0 Å². The van der Waals surface area contributed by atoms with Gasteiger partial charge < -0.3 is 9.64 Å². The first-order valence-corrected chi connectivity index (χ1v) is 13.4. The lowest BCUT2D eigenvalue weighted by Crippen LogP contribution is -2.52. The second-order valence-electron chi connectivity index (χ2n) is 9.11. The standard InChI is InChI=1S/C25H29FN2O5S/c1-16-15-27(25(30)33-20-7-5-4-6-8-20)23-14-19(9-11-22(23)28(16)17(2)29)18-10-12-24(21(26)13-18)34(3,31)32/h9-14,16,20H,4-8,15H2,1-3H3/t16-/m0/s1. The van der Waals surface area contributed by atoms with Gasteiger partial charge in [0.15, 0.2) is 9.84 Å². The molecule has 0 saturated heterocycles. The van der Waals surface area contributed by atoms with E-state index in [2.05, 4.69) is 0 Å². The van der Waals surface area contributed by atoms with Gasteiger partial charge in [0.1, 0.15) is 16.8 Å². The minimum atomic E-state index is -3.69. The van der Waals surface area contributed by atoms with E-state index in [0.29, 0.717) is 22.5 Å². The second kappa shape index (κ2) is 9.37. The summed E-state index contributed by atoms with van der Waals surface area (Å²) >= 11 is 0. The van der Waals surface area contributed by atoms with Crippen LogP contribution in [0, 0.1) is 5.82 Å². The number of carbonyl (C=O) groups is 2. The number of fused-ring (bicyclic) bond motifs is 1. The van der Waals surface area contributed by atoms with Gasteiger partial charge in [-0.25, -0.2) is 17.6 Å². The molecule has 2 amide bonds. The summed E-state index contributed by atoms with van der Waals surface area (Å²) in [5.41, 5.74) is 2.12. The largest absolute Gasteiger partial charge is 0.446 e. The summed E-state index contributed by atoms with van der Waals surface area (Å²) in [5, 5.41) is 0. The Kier molecular flexibility index (Phi) is 6.66. The molecule has 0 spiro atoms. The molecule has 182 valence electrons. The Hall–Kier alpha value is -2.94. The lowest BCUT2D eigenvalue weighted by molar-refractivity contribution is -0.117. The van der Waals surface area contributed by atoms with Crippen LogP contribution in [0.5, 0.6) is 0 Å². The molecular formula is C25H29FN2O5S. The van der Waals surface area contributed by atoms with Crippen LogP contribution in [0.3, 0.4) is 0 Å². The third-order valence-corrected chi connectivity index (χ3v) is 7.59. The van der Waals surface area contributed by atoms with Gasteiger partial charge in [0.05, 0.1) is 17.4 Å². The Morgan fingerprint density at radius 1 is 1.00 bits per heavy atom. The highest BCUT2D eigenvalue weighted by molar-refractivity contribution is 7.90. The van der Waals surface area contributed by atoms with E-state index in [1.807, 2.05) is 6.92 Å². The minimum Gasteiger partial charge on any atom is -0.446 e. The summed E-state index contributed by atoms with van der Waals surface area (Å²) in [6.07, 6.45) is 5.26. The molecule has 0 radical (unpaired) electrons. The lowest BCUT2D eigenvalue weighted by atomic mass is 9.98. The van der Waals surface area contributed by atoms with E-state index in [9.17, 15) is 22.4 Å². The summed E-state index contributed by atoms with van der Waals surface area (Å²) in [7, 11) is -3.69. The molecule has 1 atom stereocenters. The van der Waals surface area contributed by atoms with Crippen LogP contribution in [-0.4, -0.2) is 45.4 Å². The number of carbonyl (C=O) groups excluding carboxylic acids is 2. The number of amides is 2. The summed E-state index contributed by atoms with van der Waals surface area (Å²) < 4.78 is 43.9. The van der Waals surface area contributed by atoms with Crippen LogP contribution in [0.1, 0.15) is 46.0 Å².